The number of nitrogens with one attached hydrogen (secondary N) is 1. The molecule has 0 saturated heterocycles. The summed E-state index contributed by atoms with van der Waals surface area (Å²) in [4.78, 5) is 2.29. The Kier molecular flexibility index (Phi) is 4.45. The minimum Gasteiger partial charge on any atom is -0.308 e. The van der Waals surface area contributed by atoms with E-state index in [4.69, 9.17) is 0 Å². The average molecular weight is 303 g/mol. The van der Waals surface area contributed by atoms with E-state index >= 15 is 0 Å². The van der Waals surface area contributed by atoms with Crippen molar-refractivity contribution in [1.82, 2.24) is 5.32 Å². The van der Waals surface area contributed by atoms with Crippen LogP contribution in [0.25, 0.3) is 0 Å². The molecule has 20 heavy (non-hydrogen) atoms. The molecule has 2 rings (SSSR count). The third-order valence-corrected chi connectivity index (χ3v) is 3.76. The maximum atomic E-state index is 13.1. The molecule has 108 valence electrons. The minimum absolute atomic E-state index is 0.264. The molecule has 2 aromatic rings. The summed E-state index contributed by atoms with van der Waals surface area (Å²) in [6.07, 6.45) is -4.66. The highest BCUT2D eigenvalue weighted by Crippen LogP contribution is 2.31. The van der Waals surface area contributed by atoms with Crippen LogP contribution in [-0.2, 0) is 19.3 Å². The first kappa shape index (κ1) is 15.0. The first-order valence-electron chi connectivity index (χ1n) is 5.98. The number of aryl methyl sites for hydroxylation is 1. The van der Waals surface area contributed by atoms with E-state index in [-0.39, 0.29) is 6.54 Å². The summed E-state index contributed by atoms with van der Waals surface area (Å²) >= 11 is 1.63. The number of rotatable bonds is 4. The quantitative estimate of drug-likeness (QED) is 0.820. The zero-order valence-corrected chi connectivity index (χ0v) is 11.5. The van der Waals surface area contributed by atoms with Crippen LogP contribution in [-0.4, -0.2) is 0 Å². The summed E-state index contributed by atoms with van der Waals surface area (Å²) in [5, 5.41) is 3.05. The Bertz CT molecular complexity index is 589. The van der Waals surface area contributed by atoms with E-state index in [0.717, 1.165) is 17.0 Å². The van der Waals surface area contributed by atoms with Gasteiger partial charge in [0.05, 0.1) is 5.56 Å². The normalized spacial score (nSPS) is 11.8. The van der Waals surface area contributed by atoms with Gasteiger partial charge in [-0.15, -0.1) is 11.3 Å². The van der Waals surface area contributed by atoms with Gasteiger partial charge in [-0.2, -0.15) is 13.2 Å². The van der Waals surface area contributed by atoms with Gasteiger partial charge in [0.25, 0.3) is 0 Å². The third kappa shape index (κ3) is 3.80. The van der Waals surface area contributed by atoms with Gasteiger partial charge in [0.2, 0.25) is 0 Å². The highest BCUT2D eigenvalue weighted by Gasteiger charge is 2.34. The van der Waals surface area contributed by atoms with E-state index in [1.807, 2.05) is 19.1 Å². The molecule has 0 radical (unpaired) electrons. The molecule has 0 amide bonds. The molecular formula is C14H13F4NS. The van der Waals surface area contributed by atoms with Crippen LogP contribution in [0, 0.1) is 12.7 Å². The van der Waals surface area contributed by atoms with Gasteiger partial charge in [0.1, 0.15) is 5.82 Å². The topological polar surface area (TPSA) is 12.0 Å². The number of hydrogen-bond acceptors (Lipinski definition) is 2. The van der Waals surface area contributed by atoms with Crippen LogP contribution >= 0.6 is 11.3 Å². The van der Waals surface area contributed by atoms with E-state index in [2.05, 4.69) is 5.32 Å². The van der Waals surface area contributed by atoms with Crippen LogP contribution in [0.3, 0.4) is 0 Å². The van der Waals surface area contributed by atoms with Crippen molar-refractivity contribution in [3.05, 3.63) is 57.0 Å². The Morgan fingerprint density at radius 2 is 1.85 bits per heavy atom. The van der Waals surface area contributed by atoms with Gasteiger partial charge >= 0.3 is 6.18 Å². The second kappa shape index (κ2) is 5.93. The zero-order chi connectivity index (χ0) is 14.8. The maximum absolute atomic E-state index is 13.1. The van der Waals surface area contributed by atoms with E-state index < -0.39 is 17.6 Å². The summed E-state index contributed by atoms with van der Waals surface area (Å²) in [5.74, 6) is -1.24. The first-order valence-corrected chi connectivity index (χ1v) is 6.79. The SMILES string of the molecule is Cc1ccc(CNCc2ccc(F)c(C(F)(F)F)c2)s1. The predicted molar refractivity (Wildman–Crippen MR) is 71.0 cm³/mol. The van der Waals surface area contributed by atoms with Crippen LogP contribution < -0.4 is 5.32 Å². The summed E-state index contributed by atoms with van der Waals surface area (Å²) in [6.45, 7) is 2.83. The fourth-order valence-electron chi connectivity index (χ4n) is 1.81. The predicted octanol–water partition coefficient (Wildman–Crippen LogP) is 4.50. The monoisotopic (exact) mass is 303 g/mol. The van der Waals surface area contributed by atoms with Crippen molar-refractivity contribution >= 4 is 11.3 Å². The highest BCUT2D eigenvalue weighted by atomic mass is 32.1. The largest absolute Gasteiger partial charge is 0.419 e. The van der Waals surface area contributed by atoms with Crippen LogP contribution in [0.1, 0.15) is 20.9 Å². The number of alkyl halides is 3. The third-order valence-electron chi connectivity index (χ3n) is 2.76. The number of halogens is 4. The highest BCUT2D eigenvalue weighted by molar-refractivity contribution is 7.11. The van der Waals surface area contributed by atoms with Crippen molar-refractivity contribution in [3.8, 4) is 0 Å². The molecule has 0 aliphatic carbocycles. The van der Waals surface area contributed by atoms with Crippen molar-refractivity contribution in [3.63, 3.8) is 0 Å². The molecule has 0 aliphatic rings. The van der Waals surface area contributed by atoms with E-state index in [9.17, 15) is 17.6 Å². The summed E-state index contributed by atoms with van der Waals surface area (Å²) in [6, 6.07) is 7.02. The lowest BCUT2D eigenvalue weighted by Gasteiger charge is -2.10. The molecule has 0 spiro atoms. The second-order valence-corrected chi connectivity index (χ2v) is 5.80. The Morgan fingerprint density at radius 3 is 2.45 bits per heavy atom. The summed E-state index contributed by atoms with van der Waals surface area (Å²) in [7, 11) is 0. The van der Waals surface area contributed by atoms with Gasteiger partial charge in [-0.1, -0.05) is 6.07 Å². The van der Waals surface area contributed by atoms with E-state index in [1.54, 1.807) is 11.3 Å². The zero-order valence-electron chi connectivity index (χ0n) is 10.7. The second-order valence-electron chi connectivity index (χ2n) is 4.43. The number of hydrogen-bond donors (Lipinski definition) is 1. The molecule has 1 heterocycles. The van der Waals surface area contributed by atoms with Crippen molar-refractivity contribution in [2.24, 2.45) is 0 Å². The Morgan fingerprint density at radius 1 is 1.10 bits per heavy atom. The van der Waals surface area contributed by atoms with E-state index in [1.165, 1.54) is 10.9 Å². The molecule has 0 atom stereocenters. The van der Waals surface area contributed by atoms with Gasteiger partial charge in [-0.05, 0) is 36.8 Å². The van der Waals surface area contributed by atoms with Gasteiger partial charge in [0, 0.05) is 22.8 Å². The Labute approximate surface area is 118 Å². The average Bonchev–Trinajstić information content (AvgIpc) is 2.76. The summed E-state index contributed by atoms with van der Waals surface area (Å²) in [5.41, 5.74) is -0.809. The number of benzene rings is 1. The lowest BCUT2D eigenvalue weighted by Crippen LogP contribution is -2.14. The summed E-state index contributed by atoms with van der Waals surface area (Å²) < 4.78 is 50.8. The van der Waals surface area contributed by atoms with Gasteiger partial charge in [-0.25, -0.2) is 4.39 Å². The molecule has 0 fully saturated rings. The van der Waals surface area contributed by atoms with E-state index in [0.29, 0.717) is 12.1 Å². The van der Waals surface area contributed by atoms with Crippen LogP contribution in [0.15, 0.2) is 30.3 Å². The lowest BCUT2D eigenvalue weighted by atomic mass is 10.1. The molecule has 6 heteroatoms. The standard InChI is InChI=1S/C14H13F4NS/c1-9-2-4-11(20-9)8-19-7-10-3-5-13(15)12(6-10)14(16,17)18/h2-6,19H,7-8H2,1H3. The van der Waals surface area contributed by atoms with Gasteiger partial charge in [-0.3, -0.25) is 0 Å². The van der Waals surface area contributed by atoms with Crippen LogP contribution in [0.2, 0.25) is 0 Å². The Hall–Kier alpha value is -1.40. The van der Waals surface area contributed by atoms with Gasteiger partial charge < -0.3 is 5.32 Å². The molecule has 1 aromatic carbocycles. The smallest absolute Gasteiger partial charge is 0.308 e. The number of thiophene rings is 1. The van der Waals surface area contributed by atoms with Crippen LogP contribution in [0.5, 0.6) is 0 Å². The minimum atomic E-state index is -4.66. The molecular weight excluding hydrogens is 290 g/mol. The molecule has 1 aromatic heterocycles. The van der Waals surface area contributed by atoms with Crippen molar-refractivity contribution in [2.75, 3.05) is 0 Å². The fraction of sp³-hybridized carbons (Fsp3) is 0.286. The molecule has 1 nitrogen and oxygen atoms in total. The molecule has 0 bridgehead atoms. The van der Waals surface area contributed by atoms with Gasteiger partial charge in [0.15, 0.2) is 0 Å². The Balaban J connectivity index is 2.00. The maximum Gasteiger partial charge on any atom is 0.419 e. The molecule has 0 aliphatic heterocycles. The molecule has 0 unspecified atom stereocenters. The fourth-order valence-corrected chi connectivity index (χ4v) is 2.67. The lowest BCUT2D eigenvalue weighted by molar-refractivity contribution is -0.140. The molecule has 1 N–H and O–H groups in total. The van der Waals surface area contributed by atoms with Crippen molar-refractivity contribution in [1.29, 1.82) is 0 Å². The van der Waals surface area contributed by atoms with Crippen molar-refractivity contribution < 1.29 is 17.6 Å². The molecule has 0 saturated carbocycles. The van der Waals surface area contributed by atoms with Crippen molar-refractivity contribution in [2.45, 2.75) is 26.2 Å². The first-order chi connectivity index (χ1) is 9.36. The van der Waals surface area contributed by atoms with Crippen LogP contribution in [0.4, 0.5) is 17.6 Å².